The highest BCUT2D eigenvalue weighted by atomic mass is 15.2. The summed E-state index contributed by atoms with van der Waals surface area (Å²) in [4.78, 5) is 14.8. The van der Waals surface area contributed by atoms with Crippen LogP contribution in [-0.4, -0.2) is 36.1 Å². The summed E-state index contributed by atoms with van der Waals surface area (Å²) >= 11 is 0. The SMILES string of the molecule is CN(C)c1nccc(CN=C(N)NC2CCCC2)n1. The maximum Gasteiger partial charge on any atom is 0.225 e. The number of aliphatic imine (C=N–C) groups is 1. The molecule has 6 nitrogen and oxygen atoms in total. The van der Waals surface area contributed by atoms with Crippen LogP contribution in [0.25, 0.3) is 0 Å². The van der Waals surface area contributed by atoms with Crippen LogP contribution >= 0.6 is 0 Å². The van der Waals surface area contributed by atoms with Crippen LogP contribution in [0.15, 0.2) is 17.3 Å². The van der Waals surface area contributed by atoms with Crippen LogP contribution in [-0.2, 0) is 6.54 Å². The van der Waals surface area contributed by atoms with E-state index in [-0.39, 0.29) is 0 Å². The standard InChI is InChI=1S/C13H22N6/c1-19(2)13-15-8-7-11(18-13)9-16-12(14)17-10-5-3-4-6-10/h7-8,10H,3-6,9H2,1-2H3,(H3,14,16,17). The van der Waals surface area contributed by atoms with E-state index in [1.807, 2.05) is 25.1 Å². The molecule has 1 aliphatic rings. The zero-order valence-corrected chi connectivity index (χ0v) is 11.6. The second kappa shape index (κ2) is 6.36. The lowest BCUT2D eigenvalue weighted by Gasteiger charge is -2.12. The van der Waals surface area contributed by atoms with Gasteiger partial charge in [0.1, 0.15) is 0 Å². The number of nitrogens with zero attached hydrogens (tertiary/aromatic N) is 4. The van der Waals surface area contributed by atoms with Crippen LogP contribution in [0.5, 0.6) is 0 Å². The van der Waals surface area contributed by atoms with Crippen LogP contribution < -0.4 is 16.0 Å². The number of rotatable bonds is 4. The van der Waals surface area contributed by atoms with E-state index in [2.05, 4.69) is 20.3 Å². The molecule has 2 rings (SSSR count). The Morgan fingerprint density at radius 3 is 2.89 bits per heavy atom. The van der Waals surface area contributed by atoms with Crippen LogP contribution in [0, 0.1) is 0 Å². The van der Waals surface area contributed by atoms with Crippen molar-refractivity contribution in [2.45, 2.75) is 38.3 Å². The zero-order valence-electron chi connectivity index (χ0n) is 11.6. The van der Waals surface area contributed by atoms with E-state index in [9.17, 15) is 0 Å². The maximum atomic E-state index is 5.88. The van der Waals surface area contributed by atoms with Gasteiger partial charge in [-0.15, -0.1) is 0 Å². The number of hydrogen-bond acceptors (Lipinski definition) is 4. The van der Waals surface area contributed by atoms with Gasteiger partial charge in [-0.05, 0) is 18.9 Å². The molecule has 0 spiro atoms. The minimum Gasteiger partial charge on any atom is -0.370 e. The van der Waals surface area contributed by atoms with E-state index in [0.29, 0.717) is 24.5 Å². The summed E-state index contributed by atoms with van der Waals surface area (Å²) in [6, 6.07) is 2.35. The number of guanidine groups is 1. The predicted octanol–water partition coefficient (Wildman–Crippen LogP) is 0.889. The topological polar surface area (TPSA) is 79.4 Å². The third-order valence-corrected chi connectivity index (χ3v) is 3.22. The number of aromatic nitrogens is 2. The fraction of sp³-hybridized carbons (Fsp3) is 0.615. The molecule has 19 heavy (non-hydrogen) atoms. The molecule has 0 amide bonds. The Hall–Kier alpha value is -1.85. The van der Waals surface area contributed by atoms with Gasteiger partial charge in [-0.1, -0.05) is 12.8 Å². The van der Waals surface area contributed by atoms with Crippen molar-refractivity contribution in [1.82, 2.24) is 15.3 Å². The first kappa shape index (κ1) is 13.6. The average molecular weight is 262 g/mol. The summed E-state index contributed by atoms with van der Waals surface area (Å²) in [5.74, 6) is 1.20. The molecule has 0 saturated heterocycles. The molecule has 0 unspecified atom stereocenters. The quantitative estimate of drug-likeness (QED) is 0.622. The van der Waals surface area contributed by atoms with Crippen LogP contribution in [0.4, 0.5) is 5.95 Å². The minimum absolute atomic E-state index is 0.481. The van der Waals surface area contributed by atoms with E-state index < -0.39 is 0 Å². The van der Waals surface area contributed by atoms with Gasteiger partial charge in [0, 0.05) is 26.3 Å². The summed E-state index contributed by atoms with van der Waals surface area (Å²) in [7, 11) is 3.83. The van der Waals surface area contributed by atoms with Gasteiger partial charge in [0.25, 0.3) is 0 Å². The Morgan fingerprint density at radius 1 is 1.47 bits per heavy atom. The summed E-state index contributed by atoms with van der Waals surface area (Å²) in [6.45, 7) is 0.481. The van der Waals surface area contributed by atoms with E-state index in [4.69, 9.17) is 5.73 Å². The molecule has 1 aromatic heterocycles. The highest BCUT2D eigenvalue weighted by Crippen LogP contribution is 2.17. The molecule has 104 valence electrons. The second-order valence-electron chi connectivity index (χ2n) is 5.07. The van der Waals surface area contributed by atoms with Gasteiger partial charge in [-0.3, -0.25) is 0 Å². The Kier molecular flexibility index (Phi) is 4.54. The Morgan fingerprint density at radius 2 is 2.21 bits per heavy atom. The van der Waals surface area contributed by atoms with Gasteiger partial charge in [0.15, 0.2) is 5.96 Å². The molecule has 0 atom stereocenters. The number of hydrogen-bond donors (Lipinski definition) is 2. The first-order valence-electron chi connectivity index (χ1n) is 6.71. The predicted molar refractivity (Wildman–Crippen MR) is 77.1 cm³/mol. The van der Waals surface area contributed by atoms with Crippen molar-refractivity contribution in [3.8, 4) is 0 Å². The van der Waals surface area contributed by atoms with E-state index >= 15 is 0 Å². The van der Waals surface area contributed by atoms with Crippen molar-refractivity contribution in [2.24, 2.45) is 10.7 Å². The molecule has 1 saturated carbocycles. The molecule has 0 radical (unpaired) electrons. The molecular weight excluding hydrogens is 240 g/mol. The summed E-state index contributed by atoms with van der Waals surface area (Å²) in [6.07, 6.45) is 6.68. The Labute approximate surface area is 114 Å². The highest BCUT2D eigenvalue weighted by molar-refractivity contribution is 5.78. The lowest BCUT2D eigenvalue weighted by Crippen LogP contribution is -2.38. The van der Waals surface area contributed by atoms with Gasteiger partial charge >= 0.3 is 0 Å². The van der Waals surface area contributed by atoms with Crippen molar-refractivity contribution in [3.63, 3.8) is 0 Å². The third kappa shape index (κ3) is 4.08. The summed E-state index contributed by atoms with van der Waals surface area (Å²) in [5.41, 5.74) is 6.75. The molecule has 0 aromatic carbocycles. The van der Waals surface area contributed by atoms with E-state index in [1.54, 1.807) is 6.20 Å². The average Bonchev–Trinajstić information content (AvgIpc) is 2.89. The van der Waals surface area contributed by atoms with E-state index in [0.717, 1.165) is 5.69 Å². The first-order valence-corrected chi connectivity index (χ1v) is 6.71. The highest BCUT2D eigenvalue weighted by Gasteiger charge is 2.14. The monoisotopic (exact) mass is 262 g/mol. The maximum absolute atomic E-state index is 5.88. The number of nitrogens with one attached hydrogen (secondary N) is 1. The second-order valence-corrected chi connectivity index (χ2v) is 5.07. The van der Waals surface area contributed by atoms with Crippen molar-refractivity contribution in [2.75, 3.05) is 19.0 Å². The van der Waals surface area contributed by atoms with E-state index in [1.165, 1.54) is 25.7 Å². The van der Waals surface area contributed by atoms with Gasteiger partial charge in [0.05, 0.1) is 12.2 Å². The third-order valence-electron chi connectivity index (χ3n) is 3.22. The molecule has 6 heteroatoms. The van der Waals surface area contributed by atoms with Gasteiger partial charge in [-0.2, -0.15) is 0 Å². The fourth-order valence-corrected chi connectivity index (χ4v) is 2.18. The Balaban J connectivity index is 1.91. The van der Waals surface area contributed by atoms with Gasteiger partial charge in [0.2, 0.25) is 5.95 Å². The molecule has 0 aliphatic heterocycles. The molecule has 1 aromatic rings. The minimum atomic E-state index is 0.481. The number of anilines is 1. The largest absolute Gasteiger partial charge is 0.370 e. The molecule has 1 fully saturated rings. The van der Waals surface area contributed by atoms with Crippen LogP contribution in [0.2, 0.25) is 0 Å². The molecule has 3 N–H and O–H groups in total. The summed E-state index contributed by atoms with van der Waals surface area (Å²) in [5, 5.41) is 3.26. The normalized spacial score (nSPS) is 16.6. The summed E-state index contributed by atoms with van der Waals surface area (Å²) < 4.78 is 0. The first-order chi connectivity index (χ1) is 9.15. The van der Waals surface area contributed by atoms with Crippen molar-refractivity contribution < 1.29 is 0 Å². The lowest BCUT2D eigenvalue weighted by molar-refractivity contribution is 0.625. The molecule has 0 bridgehead atoms. The molecule has 1 aliphatic carbocycles. The Bertz CT molecular complexity index is 437. The van der Waals surface area contributed by atoms with Crippen molar-refractivity contribution in [3.05, 3.63) is 18.0 Å². The number of nitrogens with two attached hydrogens (primary N) is 1. The van der Waals surface area contributed by atoms with Gasteiger partial charge in [-0.25, -0.2) is 15.0 Å². The van der Waals surface area contributed by atoms with Gasteiger partial charge < -0.3 is 16.0 Å². The van der Waals surface area contributed by atoms with Crippen molar-refractivity contribution in [1.29, 1.82) is 0 Å². The fourth-order valence-electron chi connectivity index (χ4n) is 2.18. The van der Waals surface area contributed by atoms with Crippen molar-refractivity contribution >= 4 is 11.9 Å². The zero-order chi connectivity index (χ0) is 13.7. The van der Waals surface area contributed by atoms with Crippen LogP contribution in [0.1, 0.15) is 31.4 Å². The molecule has 1 heterocycles. The van der Waals surface area contributed by atoms with Crippen LogP contribution in [0.3, 0.4) is 0 Å². The molecular formula is C13H22N6. The smallest absolute Gasteiger partial charge is 0.225 e. The lowest BCUT2D eigenvalue weighted by atomic mass is 10.2.